The first kappa shape index (κ1) is 20.0. The third-order valence-corrected chi connectivity index (χ3v) is 4.78. The van der Waals surface area contributed by atoms with E-state index in [2.05, 4.69) is 81.6 Å². The molecule has 0 heterocycles. The van der Waals surface area contributed by atoms with Crippen molar-refractivity contribution in [3.63, 3.8) is 0 Å². The summed E-state index contributed by atoms with van der Waals surface area (Å²) in [5.41, 5.74) is 3.71. The predicted octanol–water partition coefficient (Wildman–Crippen LogP) is 7.08. The SMILES string of the molecule is C=CN(CCC)c1ccc2cccc(C(CC)/C(=C/C)N=CCC)c2c1. The van der Waals surface area contributed by atoms with Crippen molar-refractivity contribution in [2.45, 2.75) is 52.9 Å². The summed E-state index contributed by atoms with van der Waals surface area (Å²) in [6.45, 7) is 13.6. The van der Waals surface area contributed by atoms with Gasteiger partial charge in [-0.25, -0.2) is 0 Å². The zero-order valence-electron chi connectivity index (χ0n) is 16.7. The van der Waals surface area contributed by atoms with Crippen LogP contribution in [-0.2, 0) is 0 Å². The summed E-state index contributed by atoms with van der Waals surface area (Å²) in [6.07, 6.45) is 9.17. The van der Waals surface area contributed by atoms with Gasteiger partial charge >= 0.3 is 0 Å². The van der Waals surface area contributed by atoms with Crippen LogP contribution < -0.4 is 4.90 Å². The molecule has 1 unspecified atom stereocenters. The Labute approximate surface area is 158 Å². The highest BCUT2D eigenvalue weighted by atomic mass is 15.1. The first-order chi connectivity index (χ1) is 12.7. The van der Waals surface area contributed by atoms with E-state index in [1.165, 1.54) is 22.0 Å². The maximum Gasteiger partial charge on any atom is 0.0431 e. The second-order valence-electron chi connectivity index (χ2n) is 6.52. The Morgan fingerprint density at radius 1 is 1.19 bits per heavy atom. The molecule has 138 valence electrons. The second-order valence-corrected chi connectivity index (χ2v) is 6.52. The van der Waals surface area contributed by atoms with Gasteiger partial charge in [-0.1, -0.05) is 57.7 Å². The van der Waals surface area contributed by atoms with Gasteiger partial charge in [0.15, 0.2) is 0 Å². The van der Waals surface area contributed by atoms with Gasteiger partial charge in [-0.15, -0.1) is 0 Å². The lowest BCUT2D eigenvalue weighted by Gasteiger charge is -2.22. The van der Waals surface area contributed by atoms with Crippen LogP contribution in [0.1, 0.15) is 58.4 Å². The molecule has 0 bridgehead atoms. The van der Waals surface area contributed by atoms with Gasteiger partial charge in [0.25, 0.3) is 0 Å². The van der Waals surface area contributed by atoms with E-state index in [1.807, 2.05) is 12.4 Å². The molecule has 0 aliphatic carbocycles. The van der Waals surface area contributed by atoms with Gasteiger partial charge in [0.2, 0.25) is 0 Å². The van der Waals surface area contributed by atoms with E-state index in [4.69, 9.17) is 4.99 Å². The molecule has 2 aromatic carbocycles. The number of aliphatic imine (C=N–C) groups is 1. The monoisotopic (exact) mass is 348 g/mol. The fourth-order valence-electron chi connectivity index (χ4n) is 3.48. The molecule has 0 fully saturated rings. The van der Waals surface area contributed by atoms with Crippen molar-refractivity contribution in [2.24, 2.45) is 4.99 Å². The fourth-order valence-corrected chi connectivity index (χ4v) is 3.48. The normalized spacial score (nSPS) is 13.3. The molecule has 0 aliphatic heterocycles. The maximum absolute atomic E-state index is 4.73. The van der Waals surface area contributed by atoms with Gasteiger partial charge in [0.1, 0.15) is 0 Å². The van der Waals surface area contributed by atoms with E-state index in [1.54, 1.807) is 0 Å². The third-order valence-electron chi connectivity index (χ3n) is 4.78. The summed E-state index contributed by atoms with van der Waals surface area (Å²) >= 11 is 0. The first-order valence-electron chi connectivity index (χ1n) is 9.80. The van der Waals surface area contributed by atoms with Crippen LogP contribution in [-0.4, -0.2) is 12.8 Å². The third kappa shape index (κ3) is 4.43. The van der Waals surface area contributed by atoms with Gasteiger partial charge in [0, 0.05) is 30.1 Å². The quantitative estimate of drug-likeness (QED) is 0.442. The number of anilines is 1. The summed E-state index contributed by atoms with van der Waals surface area (Å²) < 4.78 is 0. The van der Waals surface area contributed by atoms with E-state index in [-0.39, 0.29) is 0 Å². The predicted molar refractivity (Wildman–Crippen MR) is 117 cm³/mol. The number of hydrogen-bond acceptors (Lipinski definition) is 2. The van der Waals surface area contributed by atoms with Crippen molar-refractivity contribution in [3.8, 4) is 0 Å². The van der Waals surface area contributed by atoms with Crippen molar-refractivity contribution in [1.82, 2.24) is 0 Å². The molecule has 0 aliphatic rings. The first-order valence-corrected chi connectivity index (χ1v) is 9.80. The average molecular weight is 349 g/mol. The van der Waals surface area contributed by atoms with Crippen LogP contribution in [0, 0.1) is 0 Å². The largest absolute Gasteiger partial charge is 0.349 e. The summed E-state index contributed by atoms with van der Waals surface area (Å²) in [4.78, 5) is 6.95. The summed E-state index contributed by atoms with van der Waals surface area (Å²) in [7, 11) is 0. The Bertz CT molecular complexity index is 786. The van der Waals surface area contributed by atoms with Crippen molar-refractivity contribution in [1.29, 1.82) is 0 Å². The molecule has 2 heteroatoms. The standard InChI is InChI=1S/C24H32N2/c1-6-16-25-24(9-4)21(8-3)22-13-11-12-19-14-15-20(18-23(19)22)26(10-5)17-7-2/h9-16,18,21H,5-8,17H2,1-4H3/b24-9-,25-16?. The highest BCUT2D eigenvalue weighted by molar-refractivity contribution is 5.89. The van der Waals surface area contributed by atoms with Crippen molar-refractivity contribution >= 4 is 22.7 Å². The summed E-state index contributed by atoms with van der Waals surface area (Å²) in [6, 6.07) is 13.3. The number of benzene rings is 2. The van der Waals surface area contributed by atoms with Gasteiger partial charge in [0.05, 0.1) is 0 Å². The zero-order chi connectivity index (χ0) is 18.9. The van der Waals surface area contributed by atoms with E-state index in [0.717, 1.165) is 31.5 Å². The summed E-state index contributed by atoms with van der Waals surface area (Å²) in [5.74, 6) is 0.310. The minimum atomic E-state index is 0.310. The molecule has 0 saturated carbocycles. The van der Waals surface area contributed by atoms with Crippen molar-refractivity contribution < 1.29 is 0 Å². The Hall–Kier alpha value is -2.35. The molecule has 0 spiro atoms. The second kappa shape index (κ2) is 9.96. The molecule has 0 N–H and O–H groups in total. The molecule has 0 amide bonds. The molecular formula is C24H32N2. The van der Waals surface area contributed by atoms with Crippen LogP contribution >= 0.6 is 0 Å². The molecule has 2 aromatic rings. The number of fused-ring (bicyclic) bond motifs is 1. The smallest absolute Gasteiger partial charge is 0.0431 e. The van der Waals surface area contributed by atoms with Gasteiger partial charge in [-0.2, -0.15) is 0 Å². The fraction of sp³-hybridized carbons (Fsp3) is 0.375. The molecular weight excluding hydrogens is 316 g/mol. The van der Waals surface area contributed by atoms with Crippen LogP contribution in [0.2, 0.25) is 0 Å². The van der Waals surface area contributed by atoms with Gasteiger partial charge in [-0.3, -0.25) is 4.99 Å². The minimum Gasteiger partial charge on any atom is -0.349 e. The maximum atomic E-state index is 4.73. The lowest BCUT2D eigenvalue weighted by Crippen LogP contribution is -2.16. The Balaban J connectivity index is 2.58. The Morgan fingerprint density at radius 3 is 2.62 bits per heavy atom. The Kier molecular flexibility index (Phi) is 7.65. The number of allylic oxidation sites excluding steroid dienone is 2. The van der Waals surface area contributed by atoms with E-state index >= 15 is 0 Å². The van der Waals surface area contributed by atoms with E-state index in [9.17, 15) is 0 Å². The van der Waals surface area contributed by atoms with E-state index < -0.39 is 0 Å². The molecule has 0 saturated heterocycles. The molecule has 0 radical (unpaired) electrons. The van der Waals surface area contributed by atoms with Gasteiger partial charge < -0.3 is 4.90 Å². The number of hydrogen-bond donors (Lipinski definition) is 0. The number of rotatable bonds is 9. The van der Waals surface area contributed by atoms with Crippen LogP contribution in [0.25, 0.3) is 10.8 Å². The molecule has 26 heavy (non-hydrogen) atoms. The van der Waals surface area contributed by atoms with Crippen LogP contribution in [0.3, 0.4) is 0 Å². The molecule has 2 nitrogen and oxygen atoms in total. The molecule has 2 rings (SSSR count). The summed E-state index contributed by atoms with van der Waals surface area (Å²) in [5, 5.41) is 2.59. The van der Waals surface area contributed by atoms with Crippen molar-refractivity contribution in [3.05, 3.63) is 66.5 Å². The molecule has 0 aromatic heterocycles. The van der Waals surface area contributed by atoms with Crippen molar-refractivity contribution in [2.75, 3.05) is 11.4 Å². The van der Waals surface area contributed by atoms with Crippen LogP contribution in [0.15, 0.2) is 65.9 Å². The minimum absolute atomic E-state index is 0.310. The lowest BCUT2D eigenvalue weighted by atomic mass is 9.88. The van der Waals surface area contributed by atoms with Crippen LogP contribution in [0.5, 0.6) is 0 Å². The van der Waals surface area contributed by atoms with E-state index in [0.29, 0.717) is 5.92 Å². The average Bonchev–Trinajstić information content (AvgIpc) is 2.68. The number of nitrogens with zero attached hydrogens (tertiary/aromatic N) is 2. The van der Waals surface area contributed by atoms with Crippen LogP contribution in [0.4, 0.5) is 5.69 Å². The zero-order valence-corrected chi connectivity index (χ0v) is 16.7. The highest BCUT2D eigenvalue weighted by Gasteiger charge is 2.17. The molecule has 1 atom stereocenters. The highest BCUT2D eigenvalue weighted by Crippen LogP contribution is 2.35. The van der Waals surface area contributed by atoms with Gasteiger partial charge in [-0.05, 0) is 60.9 Å². The topological polar surface area (TPSA) is 15.6 Å². The Morgan fingerprint density at radius 2 is 2.00 bits per heavy atom. The lowest BCUT2D eigenvalue weighted by molar-refractivity contribution is 0.755.